The Bertz CT molecular complexity index is 1070. The molecule has 140 valence electrons. The van der Waals surface area contributed by atoms with Crippen molar-refractivity contribution >= 4 is 28.8 Å². The molecule has 0 atom stereocenters. The molecule has 2 aromatic carbocycles. The molecule has 8 heteroatoms. The average molecular weight is 390 g/mol. The molecule has 2 heterocycles. The summed E-state index contributed by atoms with van der Waals surface area (Å²) >= 11 is 1.33. The molecule has 0 unspecified atom stereocenters. The first kappa shape index (κ1) is 18.1. The highest BCUT2D eigenvalue weighted by Crippen LogP contribution is 2.22. The Balaban J connectivity index is 1.41. The van der Waals surface area contributed by atoms with Crippen molar-refractivity contribution in [2.24, 2.45) is 0 Å². The summed E-state index contributed by atoms with van der Waals surface area (Å²) in [5, 5.41) is 12.0. The van der Waals surface area contributed by atoms with Gasteiger partial charge in [-0.2, -0.15) is 0 Å². The van der Waals surface area contributed by atoms with Crippen LogP contribution in [0.4, 0.5) is 0 Å². The Labute approximate surface area is 166 Å². The van der Waals surface area contributed by atoms with Crippen LogP contribution in [0.1, 0.15) is 11.1 Å². The second-order valence-corrected chi connectivity index (χ2v) is 7.10. The first-order valence-electron chi connectivity index (χ1n) is 8.81. The minimum Gasteiger partial charge on any atom is -0.351 e. The van der Waals surface area contributed by atoms with Gasteiger partial charge in [0, 0.05) is 6.54 Å². The normalized spacial score (nSPS) is 10.9. The van der Waals surface area contributed by atoms with Crippen LogP contribution in [-0.2, 0) is 17.9 Å². The molecule has 0 fully saturated rings. The zero-order valence-electron chi connectivity index (χ0n) is 15.0. The standard InChI is InChI=1S/C20H18N6OS/c27-17(21-11-15-7-3-1-4-8-15)13-28-20-18-19(22-14-23-20)26(25-24-18)12-16-9-5-2-6-10-16/h1-10,14H,11-13H2,(H,21,27). The van der Waals surface area contributed by atoms with Crippen LogP contribution in [-0.4, -0.2) is 36.6 Å². The minimum atomic E-state index is -0.0581. The third-order valence-electron chi connectivity index (χ3n) is 4.11. The van der Waals surface area contributed by atoms with Gasteiger partial charge in [0.15, 0.2) is 11.2 Å². The molecule has 1 amide bonds. The molecular formula is C20H18N6OS. The Hall–Kier alpha value is -3.26. The molecule has 1 N–H and O–H groups in total. The van der Waals surface area contributed by atoms with E-state index in [1.807, 2.05) is 60.7 Å². The number of carbonyl (C=O) groups is 1. The van der Waals surface area contributed by atoms with Gasteiger partial charge in [-0.1, -0.05) is 77.6 Å². The average Bonchev–Trinajstić information content (AvgIpc) is 3.15. The molecule has 0 radical (unpaired) electrons. The fourth-order valence-corrected chi connectivity index (χ4v) is 3.48. The number of nitrogens with zero attached hydrogens (tertiary/aromatic N) is 5. The Morgan fingerprint density at radius 3 is 2.43 bits per heavy atom. The fourth-order valence-electron chi connectivity index (χ4n) is 2.72. The lowest BCUT2D eigenvalue weighted by atomic mass is 10.2. The predicted octanol–water partition coefficient (Wildman–Crippen LogP) is 2.68. The maximum atomic E-state index is 12.2. The Morgan fingerprint density at radius 2 is 1.68 bits per heavy atom. The van der Waals surface area contributed by atoms with Crippen LogP contribution in [0, 0.1) is 0 Å². The molecule has 2 aromatic heterocycles. The summed E-state index contributed by atoms with van der Waals surface area (Å²) in [6.07, 6.45) is 1.48. The van der Waals surface area contributed by atoms with Gasteiger partial charge in [0.1, 0.15) is 11.4 Å². The molecule has 4 rings (SSSR count). The van der Waals surface area contributed by atoms with E-state index in [0.29, 0.717) is 29.3 Å². The van der Waals surface area contributed by atoms with Gasteiger partial charge in [-0.05, 0) is 11.1 Å². The van der Waals surface area contributed by atoms with Crippen molar-refractivity contribution in [2.75, 3.05) is 5.75 Å². The van der Waals surface area contributed by atoms with Crippen molar-refractivity contribution in [1.82, 2.24) is 30.3 Å². The molecule has 0 bridgehead atoms. The molecular weight excluding hydrogens is 372 g/mol. The van der Waals surface area contributed by atoms with Gasteiger partial charge in [0.2, 0.25) is 5.91 Å². The monoisotopic (exact) mass is 390 g/mol. The van der Waals surface area contributed by atoms with Gasteiger partial charge in [0.25, 0.3) is 0 Å². The molecule has 0 aliphatic carbocycles. The molecule has 0 aliphatic rings. The number of rotatable bonds is 7. The lowest BCUT2D eigenvalue weighted by Gasteiger charge is -2.05. The van der Waals surface area contributed by atoms with Crippen LogP contribution in [0.5, 0.6) is 0 Å². The van der Waals surface area contributed by atoms with E-state index in [1.165, 1.54) is 18.1 Å². The summed E-state index contributed by atoms with van der Waals surface area (Å²) in [4.78, 5) is 20.7. The van der Waals surface area contributed by atoms with E-state index in [-0.39, 0.29) is 11.7 Å². The summed E-state index contributed by atoms with van der Waals surface area (Å²) in [5.41, 5.74) is 3.45. The van der Waals surface area contributed by atoms with Crippen molar-refractivity contribution in [3.63, 3.8) is 0 Å². The first-order chi connectivity index (χ1) is 13.8. The number of nitrogens with one attached hydrogen (secondary N) is 1. The number of amides is 1. The van der Waals surface area contributed by atoms with E-state index < -0.39 is 0 Å². The summed E-state index contributed by atoms with van der Waals surface area (Å²) in [6.45, 7) is 1.09. The molecule has 0 spiro atoms. The van der Waals surface area contributed by atoms with Gasteiger partial charge < -0.3 is 5.32 Å². The molecule has 7 nitrogen and oxygen atoms in total. The number of hydrogen-bond donors (Lipinski definition) is 1. The second-order valence-electron chi connectivity index (χ2n) is 6.13. The zero-order valence-corrected chi connectivity index (χ0v) is 15.8. The third kappa shape index (κ3) is 4.34. The van der Waals surface area contributed by atoms with Crippen molar-refractivity contribution in [3.05, 3.63) is 78.1 Å². The van der Waals surface area contributed by atoms with Crippen LogP contribution < -0.4 is 5.32 Å². The van der Waals surface area contributed by atoms with E-state index in [2.05, 4.69) is 25.6 Å². The number of aromatic nitrogens is 5. The quantitative estimate of drug-likeness (QED) is 0.386. The van der Waals surface area contributed by atoms with Crippen molar-refractivity contribution in [3.8, 4) is 0 Å². The van der Waals surface area contributed by atoms with Crippen molar-refractivity contribution in [2.45, 2.75) is 18.1 Å². The zero-order chi connectivity index (χ0) is 19.2. The van der Waals surface area contributed by atoms with Gasteiger partial charge in [-0.3, -0.25) is 4.79 Å². The second kappa shape index (κ2) is 8.62. The molecule has 28 heavy (non-hydrogen) atoms. The van der Waals surface area contributed by atoms with E-state index >= 15 is 0 Å². The number of thioether (sulfide) groups is 1. The number of fused-ring (bicyclic) bond motifs is 1. The maximum Gasteiger partial charge on any atom is 0.230 e. The van der Waals surface area contributed by atoms with E-state index in [0.717, 1.165) is 11.1 Å². The van der Waals surface area contributed by atoms with Crippen LogP contribution in [0.2, 0.25) is 0 Å². The van der Waals surface area contributed by atoms with Gasteiger partial charge in [-0.15, -0.1) is 5.10 Å². The van der Waals surface area contributed by atoms with Crippen molar-refractivity contribution < 1.29 is 4.79 Å². The highest BCUT2D eigenvalue weighted by Gasteiger charge is 2.14. The third-order valence-corrected chi connectivity index (χ3v) is 5.09. The Kier molecular flexibility index (Phi) is 5.58. The smallest absolute Gasteiger partial charge is 0.230 e. The van der Waals surface area contributed by atoms with Gasteiger partial charge >= 0.3 is 0 Å². The van der Waals surface area contributed by atoms with E-state index in [9.17, 15) is 4.79 Å². The fraction of sp³-hybridized carbons (Fsp3) is 0.150. The summed E-state index contributed by atoms with van der Waals surface area (Å²) in [6, 6.07) is 19.8. The molecule has 0 aliphatic heterocycles. The first-order valence-corrected chi connectivity index (χ1v) is 9.80. The predicted molar refractivity (Wildman–Crippen MR) is 108 cm³/mol. The maximum absolute atomic E-state index is 12.2. The van der Waals surface area contributed by atoms with E-state index in [4.69, 9.17) is 0 Å². The van der Waals surface area contributed by atoms with Gasteiger partial charge in [-0.25, -0.2) is 14.6 Å². The number of benzene rings is 2. The summed E-state index contributed by atoms with van der Waals surface area (Å²) in [5.74, 6) is 0.196. The van der Waals surface area contributed by atoms with Crippen LogP contribution in [0.3, 0.4) is 0 Å². The lowest BCUT2D eigenvalue weighted by Crippen LogP contribution is -2.24. The lowest BCUT2D eigenvalue weighted by molar-refractivity contribution is -0.118. The number of hydrogen-bond acceptors (Lipinski definition) is 6. The van der Waals surface area contributed by atoms with Crippen LogP contribution in [0.15, 0.2) is 72.0 Å². The van der Waals surface area contributed by atoms with E-state index in [1.54, 1.807) is 4.68 Å². The summed E-state index contributed by atoms with van der Waals surface area (Å²) < 4.78 is 1.74. The van der Waals surface area contributed by atoms with Crippen molar-refractivity contribution in [1.29, 1.82) is 0 Å². The topological polar surface area (TPSA) is 85.6 Å². The van der Waals surface area contributed by atoms with Crippen LogP contribution in [0.25, 0.3) is 11.2 Å². The highest BCUT2D eigenvalue weighted by molar-refractivity contribution is 8.00. The number of carbonyl (C=O) groups excluding carboxylic acids is 1. The summed E-state index contributed by atoms with van der Waals surface area (Å²) in [7, 11) is 0. The minimum absolute atomic E-state index is 0.0581. The highest BCUT2D eigenvalue weighted by atomic mass is 32.2. The molecule has 0 saturated carbocycles. The van der Waals surface area contributed by atoms with Gasteiger partial charge in [0.05, 0.1) is 12.3 Å². The Morgan fingerprint density at radius 1 is 0.964 bits per heavy atom. The molecule has 0 saturated heterocycles. The largest absolute Gasteiger partial charge is 0.351 e. The molecule has 4 aromatic rings. The SMILES string of the molecule is O=C(CSc1ncnc2c1nnn2Cc1ccccc1)NCc1ccccc1. The van der Waals surface area contributed by atoms with Crippen LogP contribution >= 0.6 is 11.8 Å².